The molecule has 0 spiro atoms. The van der Waals surface area contributed by atoms with Crippen LogP contribution in [0, 0.1) is 30.1 Å². The summed E-state index contributed by atoms with van der Waals surface area (Å²) in [7, 11) is 0. The molecule has 10 heteroatoms. The van der Waals surface area contributed by atoms with Crippen LogP contribution in [0.4, 0.5) is 0 Å². The lowest BCUT2D eigenvalue weighted by atomic mass is 9.81. The highest BCUT2D eigenvalue weighted by Crippen LogP contribution is 2.29. The van der Waals surface area contributed by atoms with E-state index in [1.807, 2.05) is 25.1 Å². The van der Waals surface area contributed by atoms with Gasteiger partial charge in [0.1, 0.15) is 0 Å². The van der Waals surface area contributed by atoms with E-state index in [1.165, 1.54) is 0 Å². The molecule has 1 aromatic carbocycles. The zero-order chi connectivity index (χ0) is 25.7. The van der Waals surface area contributed by atoms with Crippen LogP contribution in [0.1, 0.15) is 36.0 Å². The number of ether oxygens (including phenoxy) is 1. The summed E-state index contributed by atoms with van der Waals surface area (Å²) >= 11 is 0. The Morgan fingerprint density at radius 3 is 2.64 bits per heavy atom. The minimum Gasteiger partial charge on any atom is -0.378 e. The summed E-state index contributed by atoms with van der Waals surface area (Å²) in [5.74, 6) is -1.67. The summed E-state index contributed by atoms with van der Waals surface area (Å²) in [6.07, 6.45) is 3.30. The van der Waals surface area contributed by atoms with E-state index in [-0.39, 0.29) is 24.2 Å². The smallest absolute Gasteiger partial charge is 0.248 e. The van der Waals surface area contributed by atoms with E-state index in [0.717, 1.165) is 16.7 Å². The molecule has 3 aliphatic heterocycles. The molecule has 3 aliphatic rings. The van der Waals surface area contributed by atoms with E-state index in [1.54, 1.807) is 21.3 Å². The molecular formula is C26H33N5O5. The number of hydrogen-bond acceptors (Lipinski definition) is 7. The van der Waals surface area contributed by atoms with Gasteiger partial charge in [-0.05, 0) is 61.1 Å². The number of rotatable bonds is 5. The Bertz CT molecular complexity index is 1070. The average Bonchev–Trinajstić information content (AvgIpc) is 2.92. The number of aryl methyl sites for hydroxylation is 1. The molecule has 4 rings (SSSR count). The highest BCUT2D eigenvalue weighted by Gasteiger charge is 2.41. The molecule has 2 fully saturated rings. The van der Waals surface area contributed by atoms with E-state index in [9.17, 15) is 19.6 Å². The third-order valence-corrected chi connectivity index (χ3v) is 7.38. The molecule has 0 bridgehead atoms. The van der Waals surface area contributed by atoms with Gasteiger partial charge in [-0.3, -0.25) is 19.6 Å². The molecule has 3 amide bonds. The molecule has 2 saturated heterocycles. The normalized spacial score (nSPS) is 24.5. The molecule has 3 atom stereocenters. The number of carbonyl (C=O) groups is 3. The maximum absolute atomic E-state index is 13.4. The highest BCUT2D eigenvalue weighted by molar-refractivity contribution is 5.90. The van der Waals surface area contributed by atoms with Crippen molar-refractivity contribution < 1.29 is 24.3 Å². The van der Waals surface area contributed by atoms with Gasteiger partial charge >= 0.3 is 0 Å². The average molecular weight is 496 g/mol. The van der Waals surface area contributed by atoms with Crippen LogP contribution in [0.15, 0.2) is 24.3 Å². The first-order valence-corrected chi connectivity index (χ1v) is 12.4. The Morgan fingerprint density at radius 2 is 2.00 bits per heavy atom. The van der Waals surface area contributed by atoms with E-state index in [2.05, 4.69) is 11.4 Å². The monoisotopic (exact) mass is 495 g/mol. The molecule has 0 radical (unpaired) electrons. The van der Waals surface area contributed by atoms with Gasteiger partial charge in [0.05, 0.1) is 36.8 Å². The number of nitriles is 1. The summed E-state index contributed by atoms with van der Waals surface area (Å²) in [6.45, 7) is 5.52. The predicted molar refractivity (Wildman–Crippen MR) is 130 cm³/mol. The quantitative estimate of drug-likeness (QED) is 0.407. The van der Waals surface area contributed by atoms with Crippen molar-refractivity contribution >= 4 is 23.3 Å². The zero-order valence-electron chi connectivity index (χ0n) is 20.5. The van der Waals surface area contributed by atoms with Crippen LogP contribution >= 0.6 is 0 Å². The van der Waals surface area contributed by atoms with E-state index in [4.69, 9.17) is 10.00 Å². The predicted octanol–water partition coefficient (Wildman–Crippen LogP) is 0.831. The van der Waals surface area contributed by atoms with Crippen LogP contribution in [0.5, 0.6) is 0 Å². The Morgan fingerprint density at radius 1 is 1.22 bits per heavy atom. The number of piperidine rings is 1. The highest BCUT2D eigenvalue weighted by atomic mass is 16.5. The van der Waals surface area contributed by atoms with Gasteiger partial charge in [-0.25, -0.2) is 5.48 Å². The summed E-state index contributed by atoms with van der Waals surface area (Å²) in [5, 5.41) is 21.6. The van der Waals surface area contributed by atoms with Crippen molar-refractivity contribution in [3.63, 3.8) is 0 Å². The number of morpholine rings is 1. The van der Waals surface area contributed by atoms with Gasteiger partial charge in [-0.2, -0.15) is 5.26 Å². The van der Waals surface area contributed by atoms with Gasteiger partial charge in [0, 0.05) is 32.6 Å². The molecular weight excluding hydrogens is 462 g/mol. The largest absolute Gasteiger partial charge is 0.378 e. The van der Waals surface area contributed by atoms with Crippen molar-refractivity contribution in [3.05, 3.63) is 41.0 Å². The molecule has 0 aliphatic carbocycles. The summed E-state index contributed by atoms with van der Waals surface area (Å²) in [5.41, 5.74) is 5.54. The Labute approximate surface area is 210 Å². The maximum Gasteiger partial charge on any atom is 0.248 e. The lowest BCUT2D eigenvalue weighted by molar-refractivity contribution is -0.145. The van der Waals surface area contributed by atoms with Crippen LogP contribution in [0.3, 0.4) is 0 Å². The molecule has 36 heavy (non-hydrogen) atoms. The lowest BCUT2D eigenvalue weighted by Gasteiger charge is -2.39. The molecule has 1 aromatic rings. The third-order valence-electron chi connectivity index (χ3n) is 7.38. The minimum absolute atomic E-state index is 0.0184. The van der Waals surface area contributed by atoms with E-state index >= 15 is 0 Å². The first kappa shape index (κ1) is 25.8. The fourth-order valence-corrected chi connectivity index (χ4v) is 5.36. The van der Waals surface area contributed by atoms with Crippen LogP contribution in [-0.2, 0) is 19.1 Å². The number of hydroxylamine groups is 1. The molecule has 192 valence electrons. The van der Waals surface area contributed by atoms with Gasteiger partial charge in [0.15, 0.2) is 0 Å². The maximum atomic E-state index is 13.4. The summed E-state index contributed by atoms with van der Waals surface area (Å²) < 4.78 is 5.30. The van der Waals surface area contributed by atoms with Crippen LogP contribution in [0.2, 0.25) is 0 Å². The zero-order valence-corrected chi connectivity index (χ0v) is 20.5. The number of nitrogens with zero attached hydrogens (tertiary/aromatic N) is 3. The Balaban J connectivity index is 1.39. The number of carbonyl (C=O) groups excluding carboxylic acids is 3. The summed E-state index contributed by atoms with van der Waals surface area (Å²) in [6, 6.07) is 6.98. The van der Waals surface area contributed by atoms with Gasteiger partial charge < -0.3 is 19.9 Å². The Kier molecular flexibility index (Phi) is 8.36. The number of hydrogen-bond donors (Lipinski definition) is 3. The lowest BCUT2D eigenvalue weighted by Crippen LogP contribution is -2.59. The molecule has 0 aromatic heterocycles. The topological polar surface area (TPSA) is 135 Å². The number of amides is 3. The van der Waals surface area contributed by atoms with Crippen LogP contribution < -0.4 is 10.8 Å². The Hall–Kier alpha value is -3.26. The van der Waals surface area contributed by atoms with Crippen molar-refractivity contribution in [1.82, 2.24) is 20.6 Å². The first-order chi connectivity index (χ1) is 17.4. The second kappa shape index (κ2) is 11.6. The van der Waals surface area contributed by atoms with Gasteiger partial charge in [-0.15, -0.1) is 0 Å². The second-order valence-electron chi connectivity index (χ2n) is 9.67. The molecule has 0 unspecified atom stereocenters. The molecule has 3 N–H and O–H groups in total. The minimum atomic E-state index is -0.773. The standard InChI is InChI=1S/C26H33N5O5/c1-17-12-18(15-27)2-3-21(17)20-4-6-31(7-5-20)26(34)24-22(25(33)29-35)13-19(16-28-24)14-23(32)30-8-10-36-11-9-30/h2-4,12,19,22,24,28,35H,5-11,13-14,16H2,1H3,(H,29,33)/t19-,22-,24-/m0/s1. The first-order valence-electron chi connectivity index (χ1n) is 12.4. The van der Waals surface area contributed by atoms with Gasteiger partial charge in [0.25, 0.3) is 0 Å². The van der Waals surface area contributed by atoms with Crippen LogP contribution in [-0.4, -0.2) is 84.7 Å². The third kappa shape index (κ3) is 5.75. The van der Waals surface area contributed by atoms with Gasteiger partial charge in [0.2, 0.25) is 17.7 Å². The number of benzene rings is 1. The van der Waals surface area contributed by atoms with Crippen molar-refractivity contribution in [2.75, 3.05) is 45.9 Å². The SMILES string of the molecule is Cc1cc(C#N)ccc1C1=CCN(C(=O)[C@H]2NC[C@H](CC(=O)N3CCOCC3)C[C@@H]2C(=O)NO)CC1. The van der Waals surface area contributed by atoms with Gasteiger partial charge in [-0.1, -0.05) is 12.1 Å². The number of nitrogens with one attached hydrogen (secondary N) is 2. The van der Waals surface area contributed by atoms with E-state index < -0.39 is 17.9 Å². The van der Waals surface area contributed by atoms with Crippen molar-refractivity contribution in [1.29, 1.82) is 5.26 Å². The van der Waals surface area contributed by atoms with Crippen molar-refractivity contribution in [3.8, 4) is 6.07 Å². The molecule has 0 saturated carbocycles. The fourth-order valence-electron chi connectivity index (χ4n) is 5.36. The van der Waals surface area contributed by atoms with E-state index in [0.29, 0.717) is 64.3 Å². The molecule has 10 nitrogen and oxygen atoms in total. The second-order valence-corrected chi connectivity index (χ2v) is 9.67. The fraction of sp³-hybridized carbons (Fsp3) is 0.538. The van der Waals surface area contributed by atoms with Crippen LogP contribution in [0.25, 0.3) is 5.57 Å². The summed E-state index contributed by atoms with van der Waals surface area (Å²) in [4.78, 5) is 42.1. The molecule has 3 heterocycles. The van der Waals surface area contributed by atoms with Crippen molar-refractivity contribution in [2.45, 2.75) is 32.2 Å². The van der Waals surface area contributed by atoms with Crippen molar-refractivity contribution in [2.24, 2.45) is 11.8 Å².